The minimum absolute atomic E-state index is 0.182. The lowest BCUT2D eigenvalue weighted by Gasteiger charge is -2.60. The van der Waals surface area contributed by atoms with Crippen LogP contribution in [0.15, 0.2) is 12.2 Å². The summed E-state index contributed by atoms with van der Waals surface area (Å²) in [7, 11) is 2.49. The zero-order chi connectivity index (χ0) is 15.0. The first-order valence-corrected chi connectivity index (χ1v) is 7.39. The minimum atomic E-state index is -1.55. The number of fused-ring (bicyclic) bond motifs is 1. The Balaban J connectivity index is 2.43. The Hall–Kier alpha value is -0.740. The summed E-state index contributed by atoms with van der Waals surface area (Å²) in [5, 5.41) is 0. The normalized spacial score (nSPS) is 41.4. The first-order valence-electron chi connectivity index (χ1n) is 6.64. The van der Waals surface area contributed by atoms with E-state index < -0.39 is 21.7 Å². The highest BCUT2D eigenvalue weighted by Crippen LogP contribution is 2.64. The standard InChI is InChI=1S/C14H18Cl2O4/c1-19-11(17)13(15)9-7-5-3-4-6-8-10(9)14(13,16)12(18)20-2/h3-4,9-10H,5-8H2,1-2H3/b4-3-. The van der Waals surface area contributed by atoms with E-state index in [9.17, 15) is 9.59 Å². The summed E-state index contributed by atoms with van der Waals surface area (Å²) in [6.45, 7) is 0. The third-order valence-corrected chi connectivity index (χ3v) is 6.02. The van der Waals surface area contributed by atoms with Gasteiger partial charge in [0.05, 0.1) is 14.2 Å². The number of esters is 2. The van der Waals surface area contributed by atoms with E-state index in [4.69, 9.17) is 32.7 Å². The molecular formula is C14H18Cl2O4. The molecule has 0 N–H and O–H groups in total. The van der Waals surface area contributed by atoms with Gasteiger partial charge in [0, 0.05) is 0 Å². The van der Waals surface area contributed by atoms with Gasteiger partial charge >= 0.3 is 11.9 Å². The highest BCUT2D eigenvalue weighted by molar-refractivity contribution is 6.49. The molecule has 0 radical (unpaired) electrons. The summed E-state index contributed by atoms with van der Waals surface area (Å²) >= 11 is 13.0. The molecule has 112 valence electrons. The number of alkyl halides is 2. The van der Waals surface area contributed by atoms with E-state index in [1.165, 1.54) is 14.2 Å². The molecule has 2 rings (SSSR count). The number of hydrogen-bond acceptors (Lipinski definition) is 4. The van der Waals surface area contributed by atoms with Gasteiger partial charge in [-0.25, -0.2) is 0 Å². The van der Waals surface area contributed by atoms with Crippen LogP contribution < -0.4 is 0 Å². The summed E-state index contributed by atoms with van der Waals surface area (Å²) in [4.78, 5) is 21.2. The van der Waals surface area contributed by atoms with Crippen LogP contribution in [0.2, 0.25) is 0 Å². The Morgan fingerprint density at radius 1 is 0.950 bits per heavy atom. The van der Waals surface area contributed by atoms with Crippen LogP contribution in [0.4, 0.5) is 0 Å². The molecule has 4 nitrogen and oxygen atoms in total. The van der Waals surface area contributed by atoms with Crippen LogP contribution in [0.5, 0.6) is 0 Å². The van der Waals surface area contributed by atoms with Crippen molar-refractivity contribution in [3.05, 3.63) is 12.2 Å². The van der Waals surface area contributed by atoms with Crippen LogP contribution >= 0.6 is 23.2 Å². The molecule has 0 aromatic heterocycles. The van der Waals surface area contributed by atoms with Gasteiger partial charge in [-0.3, -0.25) is 9.59 Å². The fraction of sp³-hybridized carbons (Fsp3) is 0.714. The molecule has 20 heavy (non-hydrogen) atoms. The summed E-state index contributed by atoms with van der Waals surface area (Å²) in [6, 6.07) is 0. The number of rotatable bonds is 2. The molecule has 0 amide bonds. The molecule has 0 bridgehead atoms. The van der Waals surface area contributed by atoms with E-state index in [0.29, 0.717) is 12.8 Å². The maximum Gasteiger partial charge on any atom is 0.329 e. The van der Waals surface area contributed by atoms with Gasteiger partial charge in [0.1, 0.15) is 0 Å². The number of ether oxygens (including phenoxy) is 2. The zero-order valence-corrected chi connectivity index (χ0v) is 13.0. The highest BCUT2D eigenvalue weighted by Gasteiger charge is 2.78. The van der Waals surface area contributed by atoms with Crippen molar-refractivity contribution in [2.75, 3.05) is 14.2 Å². The van der Waals surface area contributed by atoms with Crippen LogP contribution in [0.25, 0.3) is 0 Å². The van der Waals surface area contributed by atoms with Gasteiger partial charge in [0.15, 0.2) is 9.75 Å². The lowest BCUT2D eigenvalue weighted by Crippen LogP contribution is -2.76. The minimum Gasteiger partial charge on any atom is -0.468 e. The van der Waals surface area contributed by atoms with Crippen molar-refractivity contribution >= 4 is 35.1 Å². The molecule has 1 fully saturated rings. The maximum atomic E-state index is 12.1. The number of carbonyl (C=O) groups excluding carboxylic acids is 2. The number of halogens is 2. The summed E-state index contributed by atoms with van der Waals surface area (Å²) in [5.74, 6) is -1.69. The van der Waals surface area contributed by atoms with Gasteiger partial charge in [-0.2, -0.15) is 0 Å². The largest absolute Gasteiger partial charge is 0.468 e. The third-order valence-electron chi connectivity index (χ3n) is 4.46. The van der Waals surface area contributed by atoms with Crippen LogP contribution in [-0.4, -0.2) is 35.9 Å². The van der Waals surface area contributed by atoms with Gasteiger partial charge in [0.25, 0.3) is 0 Å². The Bertz CT molecular complexity index is 410. The van der Waals surface area contributed by atoms with E-state index in [1.54, 1.807) is 0 Å². The van der Waals surface area contributed by atoms with E-state index >= 15 is 0 Å². The molecule has 0 saturated heterocycles. The summed E-state index contributed by atoms with van der Waals surface area (Å²) in [6.07, 6.45) is 7.15. The number of carbonyl (C=O) groups is 2. The lowest BCUT2D eigenvalue weighted by molar-refractivity contribution is -0.170. The SMILES string of the molecule is COC(=O)C1(Cl)C2CC/C=C\CCC2C1(Cl)C(=O)OC. The summed E-state index contributed by atoms with van der Waals surface area (Å²) in [5.41, 5.74) is 0. The van der Waals surface area contributed by atoms with Crippen molar-refractivity contribution in [3.8, 4) is 0 Å². The summed E-state index contributed by atoms with van der Waals surface area (Å²) < 4.78 is 9.57. The topological polar surface area (TPSA) is 52.6 Å². The Morgan fingerprint density at radius 2 is 1.30 bits per heavy atom. The third kappa shape index (κ3) is 1.88. The predicted molar refractivity (Wildman–Crippen MR) is 75.8 cm³/mol. The average Bonchev–Trinajstić information content (AvgIpc) is 2.43. The average molecular weight is 321 g/mol. The van der Waals surface area contributed by atoms with Crippen LogP contribution in [0.3, 0.4) is 0 Å². The fourth-order valence-corrected chi connectivity index (χ4v) is 4.59. The molecule has 1 saturated carbocycles. The first kappa shape index (κ1) is 15.6. The van der Waals surface area contributed by atoms with Crippen LogP contribution in [0, 0.1) is 11.8 Å². The molecule has 0 aromatic rings. The molecule has 2 aliphatic carbocycles. The van der Waals surface area contributed by atoms with E-state index in [-0.39, 0.29) is 11.8 Å². The van der Waals surface area contributed by atoms with Gasteiger partial charge in [-0.05, 0) is 37.5 Å². The Labute approximate surface area is 128 Å². The van der Waals surface area contributed by atoms with Crippen molar-refractivity contribution in [1.29, 1.82) is 0 Å². The zero-order valence-electron chi connectivity index (χ0n) is 11.5. The van der Waals surface area contributed by atoms with E-state index in [1.807, 2.05) is 0 Å². The molecule has 0 aliphatic heterocycles. The smallest absolute Gasteiger partial charge is 0.329 e. The molecule has 4 unspecified atom stereocenters. The van der Waals surface area contributed by atoms with Crippen molar-refractivity contribution in [2.24, 2.45) is 11.8 Å². The molecular weight excluding hydrogens is 303 g/mol. The molecule has 2 aliphatic rings. The van der Waals surface area contributed by atoms with Crippen molar-refractivity contribution < 1.29 is 19.1 Å². The molecule has 6 heteroatoms. The Kier molecular flexibility index (Phi) is 4.35. The van der Waals surface area contributed by atoms with Crippen LogP contribution in [0.1, 0.15) is 25.7 Å². The van der Waals surface area contributed by atoms with Gasteiger partial charge in [-0.15, -0.1) is 23.2 Å². The van der Waals surface area contributed by atoms with E-state index in [2.05, 4.69) is 12.2 Å². The first-order chi connectivity index (χ1) is 9.44. The van der Waals surface area contributed by atoms with Crippen molar-refractivity contribution in [3.63, 3.8) is 0 Å². The van der Waals surface area contributed by atoms with Crippen LogP contribution in [-0.2, 0) is 19.1 Å². The monoisotopic (exact) mass is 320 g/mol. The molecule has 4 atom stereocenters. The van der Waals surface area contributed by atoms with Crippen molar-refractivity contribution in [1.82, 2.24) is 0 Å². The second-order valence-corrected chi connectivity index (χ2v) is 6.44. The molecule has 0 aromatic carbocycles. The number of methoxy groups -OCH3 is 2. The number of allylic oxidation sites excluding steroid dienone is 2. The highest BCUT2D eigenvalue weighted by atomic mass is 35.5. The second kappa shape index (κ2) is 5.57. The maximum absolute atomic E-state index is 12.1. The Morgan fingerprint density at radius 3 is 1.60 bits per heavy atom. The van der Waals surface area contributed by atoms with Crippen molar-refractivity contribution in [2.45, 2.75) is 35.4 Å². The molecule has 0 heterocycles. The van der Waals surface area contributed by atoms with Gasteiger partial charge < -0.3 is 9.47 Å². The van der Waals surface area contributed by atoms with Gasteiger partial charge in [-0.1, -0.05) is 12.2 Å². The van der Waals surface area contributed by atoms with Gasteiger partial charge in [0.2, 0.25) is 0 Å². The number of hydrogen-bond donors (Lipinski definition) is 0. The predicted octanol–water partition coefficient (Wildman–Crippen LogP) is 2.66. The second-order valence-electron chi connectivity index (χ2n) is 5.25. The fourth-order valence-electron chi connectivity index (χ4n) is 3.48. The quantitative estimate of drug-likeness (QED) is 0.446. The lowest BCUT2D eigenvalue weighted by atomic mass is 9.52. The molecule has 0 spiro atoms. The van der Waals surface area contributed by atoms with E-state index in [0.717, 1.165) is 12.8 Å².